The Kier molecular flexibility index (Phi) is 16.3. The predicted molar refractivity (Wildman–Crippen MR) is 110 cm³/mol. The minimum absolute atomic E-state index is 0.733. The standard InChI is InChI=1S/C23H32O2/c1-3-4-5-6-7-8-9-10-11-12-13-14-15-16-17-18-19-20-22(2)21-23(24)25/h4-5,7-8,10-11,13-14,17-21H,3,6,9,12,15-16H2,1-2H3,(H,24,25)/b5-4?,8-7?,11-10?,14-13?,18-17?,20-19+,22-21+. The van der Waals surface area contributed by atoms with Gasteiger partial charge >= 0.3 is 5.97 Å². The largest absolute Gasteiger partial charge is 0.478 e. The van der Waals surface area contributed by atoms with Gasteiger partial charge in [0.05, 0.1) is 0 Å². The fourth-order valence-corrected chi connectivity index (χ4v) is 1.92. The average Bonchev–Trinajstić information content (AvgIpc) is 2.57. The van der Waals surface area contributed by atoms with Crippen molar-refractivity contribution in [2.45, 2.75) is 52.4 Å². The van der Waals surface area contributed by atoms with Gasteiger partial charge in [0.1, 0.15) is 0 Å². The van der Waals surface area contributed by atoms with E-state index in [1.165, 1.54) is 6.08 Å². The zero-order valence-electron chi connectivity index (χ0n) is 15.6. The van der Waals surface area contributed by atoms with Crippen molar-refractivity contribution < 1.29 is 9.90 Å². The van der Waals surface area contributed by atoms with E-state index in [4.69, 9.17) is 5.11 Å². The van der Waals surface area contributed by atoms with Crippen LogP contribution >= 0.6 is 0 Å². The molecule has 0 aliphatic heterocycles. The summed E-state index contributed by atoms with van der Waals surface area (Å²) in [6.45, 7) is 3.92. The van der Waals surface area contributed by atoms with E-state index in [1.807, 2.05) is 12.2 Å². The van der Waals surface area contributed by atoms with E-state index >= 15 is 0 Å². The molecule has 25 heavy (non-hydrogen) atoms. The normalized spacial score (nSPS) is 13.8. The van der Waals surface area contributed by atoms with Gasteiger partial charge in [-0.2, -0.15) is 0 Å². The van der Waals surface area contributed by atoms with Crippen LogP contribution in [-0.2, 0) is 4.79 Å². The number of hydrogen-bond acceptors (Lipinski definition) is 1. The summed E-state index contributed by atoms with van der Waals surface area (Å²) in [7, 11) is 0. The zero-order chi connectivity index (χ0) is 18.6. The van der Waals surface area contributed by atoms with Crippen molar-refractivity contribution in [3.8, 4) is 0 Å². The van der Waals surface area contributed by atoms with Crippen LogP contribution in [0, 0.1) is 0 Å². The molecule has 0 unspecified atom stereocenters. The summed E-state index contributed by atoms with van der Waals surface area (Å²) < 4.78 is 0. The molecule has 2 nitrogen and oxygen atoms in total. The SMILES string of the molecule is CCC=CCC=CCC=CCC=CCCC=C/C=C/C(C)=C/C(=O)O. The summed E-state index contributed by atoms with van der Waals surface area (Å²) in [5.74, 6) is -0.912. The molecule has 0 saturated carbocycles. The number of hydrogen-bond donors (Lipinski definition) is 1. The molecule has 0 atom stereocenters. The molecule has 0 aromatic carbocycles. The Morgan fingerprint density at radius 1 is 0.760 bits per heavy atom. The molecule has 0 aromatic rings. The average molecular weight is 341 g/mol. The van der Waals surface area contributed by atoms with Crippen LogP contribution in [0.4, 0.5) is 0 Å². The van der Waals surface area contributed by atoms with Crippen LogP contribution in [0.1, 0.15) is 52.4 Å². The lowest BCUT2D eigenvalue weighted by Gasteiger charge is -1.88. The topological polar surface area (TPSA) is 37.3 Å². The molecule has 0 radical (unpaired) electrons. The number of rotatable bonds is 13. The molecule has 0 amide bonds. The first kappa shape index (κ1) is 22.6. The lowest BCUT2D eigenvalue weighted by molar-refractivity contribution is -0.131. The number of carbonyl (C=O) groups is 1. The van der Waals surface area contributed by atoms with Crippen LogP contribution < -0.4 is 0 Å². The molecule has 2 heteroatoms. The summed E-state index contributed by atoms with van der Waals surface area (Å²) in [5, 5.41) is 8.58. The molecule has 0 aliphatic carbocycles. The minimum atomic E-state index is -0.912. The highest BCUT2D eigenvalue weighted by Gasteiger charge is 1.87. The number of carboxylic acids is 1. The molecule has 0 aliphatic rings. The molecule has 1 N–H and O–H groups in total. The number of carboxylic acid groups (broad SMARTS) is 1. The summed E-state index contributed by atoms with van der Waals surface area (Å²) in [5.41, 5.74) is 0.733. The monoisotopic (exact) mass is 340 g/mol. The number of allylic oxidation sites excluding steroid dienone is 13. The minimum Gasteiger partial charge on any atom is -0.478 e. The Balaban J connectivity index is 3.68. The first-order valence-corrected chi connectivity index (χ1v) is 9.01. The van der Waals surface area contributed by atoms with Gasteiger partial charge in [-0.05, 0) is 51.0 Å². The Bertz CT molecular complexity index is 540. The van der Waals surface area contributed by atoms with Crippen molar-refractivity contribution in [1.82, 2.24) is 0 Å². The highest BCUT2D eigenvalue weighted by Crippen LogP contribution is 1.99. The van der Waals surface area contributed by atoms with E-state index in [0.717, 1.165) is 44.1 Å². The van der Waals surface area contributed by atoms with Crippen LogP contribution in [0.15, 0.2) is 84.6 Å². The third kappa shape index (κ3) is 19.6. The molecule has 0 aromatic heterocycles. The molecule has 136 valence electrons. The van der Waals surface area contributed by atoms with Gasteiger partial charge in [0.15, 0.2) is 0 Å². The molecular formula is C23H32O2. The summed E-state index contributed by atoms with van der Waals surface area (Å²) in [6.07, 6.45) is 32.6. The van der Waals surface area contributed by atoms with Crippen LogP contribution in [0.3, 0.4) is 0 Å². The highest BCUT2D eigenvalue weighted by atomic mass is 16.4. The predicted octanol–water partition coefficient (Wildman–Crippen LogP) is 6.72. The third-order valence-corrected chi connectivity index (χ3v) is 3.18. The van der Waals surface area contributed by atoms with Crippen LogP contribution in [0.5, 0.6) is 0 Å². The smallest absolute Gasteiger partial charge is 0.328 e. The molecule has 0 spiro atoms. The lowest BCUT2D eigenvalue weighted by atomic mass is 10.2. The lowest BCUT2D eigenvalue weighted by Crippen LogP contribution is -1.87. The first-order valence-electron chi connectivity index (χ1n) is 9.01. The van der Waals surface area contributed by atoms with Gasteiger partial charge in [-0.25, -0.2) is 4.79 Å². The van der Waals surface area contributed by atoms with Gasteiger partial charge in [-0.1, -0.05) is 79.8 Å². The van der Waals surface area contributed by atoms with Gasteiger partial charge in [0, 0.05) is 6.08 Å². The van der Waals surface area contributed by atoms with Crippen molar-refractivity contribution in [3.63, 3.8) is 0 Å². The van der Waals surface area contributed by atoms with E-state index in [9.17, 15) is 4.79 Å². The van der Waals surface area contributed by atoms with Crippen LogP contribution in [0.25, 0.3) is 0 Å². The molecule has 0 heterocycles. The Hall–Kier alpha value is -2.35. The summed E-state index contributed by atoms with van der Waals surface area (Å²) in [6, 6.07) is 0. The second-order valence-electron chi connectivity index (χ2n) is 5.59. The van der Waals surface area contributed by atoms with Gasteiger partial charge in [-0.15, -0.1) is 0 Å². The van der Waals surface area contributed by atoms with E-state index in [1.54, 1.807) is 13.0 Å². The fraction of sp³-hybridized carbons (Fsp3) is 0.348. The van der Waals surface area contributed by atoms with Gasteiger partial charge in [0.2, 0.25) is 0 Å². The molecule has 0 saturated heterocycles. The second kappa shape index (κ2) is 18.0. The fourth-order valence-electron chi connectivity index (χ4n) is 1.92. The Morgan fingerprint density at radius 3 is 1.84 bits per heavy atom. The third-order valence-electron chi connectivity index (χ3n) is 3.18. The molecular weight excluding hydrogens is 308 g/mol. The van der Waals surface area contributed by atoms with Crippen molar-refractivity contribution in [1.29, 1.82) is 0 Å². The van der Waals surface area contributed by atoms with Gasteiger partial charge in [0.25, 0.3) is 0 Å². The van der Waals surface area contributed by atoms with E-state index in [-0.39, 0.29) is 0 Å². The molecule has 0 rings (SSSR count). The van der Waals surface area contributed by atoms with Crippen molar-refractivity contribution in [3.05, 3.63) is 84.6 Å². The van der Waals surface area contributed by atoms with E-state index in [0.29, 0.717) is 0 Å². The first-order chi connectivity index (χ1) is 12.2. The molecule has 0 fully saturated rings. The van der Waals surface area contributed by atoms with Gasteiger partial charge < -0.3 is 5.11 Å². The maximum absolute atomic E-state index is 10.4. The number of unbranched alkanes of at least 4 members (excludes halogenated alkanes) is 1. The second-order valence-corrected chi connectivity index (χ2v) is 5.59. The van der Waals surface area contributed by atoms with Crippen molar-refractivity contribution in [2.75, 3.05) is 0 Å². The number of aliphatic carboxylic acids is 1. The van der Waals surface area contributed by atoms with Gasteiger partial charge in [-0.3, -0.25) is 0 Å². The quantitative estimate of drug-likeness (QED) is 0.175. The Labute approximate surface area is 153 Å². The highest BCUT2D eigenvalue weighted by molar-refractivity contribution is 5.81. The Morgan fingerprint density at radius 2 is 1.28 bits per heavy atom. The molecule has 0 bridgehead atoms. The van der Waals surface area contributed by atoms with Crippen LogP contribution in [0.2, 0.25) is 0 Å². The maximum atomic E-state index is 10.4. The van der Waals surface area contributed by atoms with Crippen molar-refractivity contribution in [2.24, 2.45) is 0 Å². The summed E-state index contributed by atoms with van der Waals surface area (Å²) >= 11 is 0. The van der Waals surface area contributed by atoms with Crippen molar-refractivity contribution >= 4 is 5.97 Å². The summed E-state index contributed by atoms with van der Waals surface area (Å²) in [4.78, 5) is 10.4. The van der Waals surface area contributed by atoms with Crippen LogP contribution in [-0.4, -0.2) is 11.1 Å². The zero-order valence-corrected chi connectivity index (χ0v) is 15.6. The van der Waals surface area contributed by atoms with E-state index < -0.39 is 5.97 Å². The van der Waals surface area contributed by atoms with E-state index in [2.05, 4.69) is 61.6 Å². The maximum Gasteiger partial charge on any atom is 0.328 e.